The summed E-state index contributed by atoms with van der Waals surface area (Å²) >= 11 is 3.33. The second kappa shape index (κ2) is 6.15. The third-order valence-corrected chi connectivity index (χ3v) is 4.42. The molecule has 0 saturated heterocycles. The maximum absolute atomic E-state index is 4.45. The van der Waals surface area contributed by atoms with E-state index in [1.807, 2.05) is 12.5 Å². The Morgan fingerprint density at radius 2 is 2.22 bits per heavy atom. The van der Waals surface area contributed by atoms with Crippen molar-refractivity contribution in [2.45, 2.75) is 31.3 Å². The number of nitrogens with one attached hydrogen (secondary N) is 1. The lowest BCUT2D eigenvalue weighted by Gasteiger charge is -2.11. The van der Waals surface area contributed by atoms with E-state index in [2.05, 4.69) is 34.1 Å². The van der Waals surface area contributed by atoms with Gasteiger partial charge in [-0.3, -0.25) is 4.98 Å². The average Bonchev–Trinajstić information content (AvgIpc) is 2.88. The van der Waals surface area contributed by atoms with E-state index in [9.17, 15) is 0 Å². The zero-order valence-electron chi connectivity index (χ0n) is 10.7. The highest BCUT2D eigenvalue weighted by Gasteiger charge is 2.10. The highest BCUT2D eigenvalue weighted by molar-refractivity contribution is 7.98. The quantitative estimate of drug-likeness (QED) is 0.851. The van der Waals surface area contributed by atoms with Gasteiger partial charge in [0.1, 0.15) is 15.9 Å². The fraction of sp³-hybridized carbons (Fsp3) is 0.417. The van der Waals surface area contributed by atoms with Crippen molar-refractivity contribution in [3.63, 3.8) is 0 Å². The number of aryl methyl sites for hydroxylation is 1. The molecule has 18 heavy (non-hydrogen) atoms. The van der Waals surface area contributed by atoms with Crippen LogP contribution in [-0.2, 0) is 6.42 Å². The molecule has 6 heteroatoms. The Kier molecular flexibility index (Phi) is 4.54. The third-order valence-electron chi connectivity index (χ3n) is 2.48. The molecule has 0 saturated carbocycles. The molecular weight excluding hydrogens is 264 g/mol. The van der Waals surface area contributed by atoms with Crippen LogP contribution in [0, 0.1) is 0 Å². The zero-order valence-corrected chi connectivity index (χ0v) is 12.3. The number of rotatable bonds is 5. The van der Waals surface area contributed by atoms with Gasteiger partial charge in [0.25, 0.3) is 0 Å². The molecule has 0 fully saturated rings. The Bertz CT molecular complexity index is 512. The van der Waals surface area contributed by atoms with E-state index in [0.29, 0.717) is 0 Å². The molecular formula is C12H16N4S2. The highest BCUT2D eigenvalue weighted by atomic mass is 32.2. The molecule has 0 aliphatic rings. The van der Waals surface area contributed by atoms with Crippen molar-refractivity contribution in [3.8, 4) is 0 Å². The minimum atomic E-state index is 0.154. The van der Waals surface area contributed by atoms with E-state index >= 15 is 0 Å². The highest BCUT2D eigenvalue weighted by Crippen LogP contribution is 2.23. The SMILES string of the molecule is CCc1cnc([C@@H](C)Nc2cncc(SC)n2)s1. The van der Waals surface area contributed by atoms with Gasteiger partial charge in [0.2, 0.25) is 0 Å². The van der Waals surface area contributed by atoms with E-state index in [0.717, 1.165) is 22.3 Å². The van der Waals surface area contributed by atoms with Crippen molar-refractivity contribution in [3.05, 3.63) is 28.5 Å². The Hall–Kier alpha value is -1.14. The zero-order chi connectivity index (χ0) is 13.0. The van der Waals surface area contributed by atoms with E-state index in [-0.39, 0.29) is 6.04 Å². The van der Waals surface area contributed by atoms with Gasteiger partial charge in [-0.15, -0.1) is 23.1 Å². The lowest BCUT2D eigenvalue weighted by atomic mass is 10.3. The van der Waals surface area contributed by atoms with Crippen LogP contribution in [0.3, 0.4) is 0 Å². The number of aromatic nitrogens is 3. The van der Waals surface area contributed by atoms with Gasteiger partial charge < -0.3 is 5.32 Å². The second-order valence-corrected chi connectivity index (χ2v) is 5.80. The standard InChI is InChI=1S/C12H16N4S2/c1-4-9-5-14-12(18-9)8(2)15-10-6-13-7-11(16-10)17-3/h5-8H,4H2,1-3H3,(H,15,16)/t8-/m1/s1. The number of hydrogen-bond donors (Lipinski definition) is 1. The monoisotopic (exact) mass is 280 g/mol. The summed E-state index contributed by atoms with van der Waals surface area (Å²) in [4.78, 5) is 14.3. The van der Waals surface area contributed by atoms with Crippen LogP contribution in [0.15, 0.2) is 23.6 Å². The fourth-order valence-corrected chi connectivity index (χ4v) is 2.70. The normalized spacial score (nSPS) is 12.4. The maximum Gasteiger partial charge on any atom is 0.146 e. The van der Waals surface area contributed by atoms with Gasteiger partial charge in [0.05, 0.1) is 18.4 Å². The summed E-state index contributed by atoms with van der Waals surface area (Å²) in [5.41, 5.74) is 0. The van der Waals surface area contributed by atoms with Gasteiger partial charge in [-0.25, -0.2) is 9.97 Å². The van der Waals surface area contributed by atoms with Gasteiger partial charge in [0, 0.05) is 11.1 Å². The lowest BCUT2D eigenvalue weighted by Crippen LogP contribution is -2.08. The molecule has 0 spiro atoms. The molecule has 2 heterocycles. The van der Waals surface area contributed by atoms with Crippen LogP contribution < -0.4 is 5.32 Å². The molecule has 1 N–H and O–H groups in total. The minimum Gasteiger partial charge on any atom is -0.360 e. The number of thiazole rings is 1. The van der Waals surface area contributed by atoms with Crippen LogP contribution in [0.4, 0.5) is 5.82 Å². The van der Waals surface area contributed by atoms with Gasteiger partial charge in [-0.05, 0) is 19.6 Å². The summed E-state index contributed by atoms with van der Waals surface area (Å²) in [6.07, 6.45) is 8.48. The predicted octanol–water partition coefficient (Wildman–Crippen LogP) is 3.39. The minimum absolute atomic E-state index is 0.154. The van der Waals surface area contributed by atoms with Crippen LogP contribution in [0.5, 0.6) is 0 Å². The summed E-state index contributed by atoms with van der Waals surface area (Å²) in [6.45, 7) is 4.23. The summed E-state index contributed by atoms with van der Waals surface area (Å²) < 4.78 is 0. The number of thioether (sulfide) groups is 1. The smallest absolute Gasteiger partial charge is 0.146 e. The van der Waals surface area contributed by atoms with Crippen LogP contribution in [0.2, 0.25) is 0 Å². The number of nitrogens with zero attached hydrogens (tertiary/aromatic N) is 3. The second-order valence-electron chi connectivity index (χ2n) is 3.83. The van der Waals surface area contributed by atoms with Crippen molar-refractivity contribution < 1.29 is 0 Å². The Balaban J connectivity index is 2.08. The van der Waals surface area contributed by atoms with Crippen LogP contribution >= 0.6 is 23.1 Å². The first-order valence-electron chi connectivity index (χ1n) is 5.80. The van der Waals surface area contributed by atoms with Crippen molar-refractivity contribution in [2.24, 2.45) is 0 Å². The molecule has 0 aliphatic heterocycles. The molecule has 2 rings (SSSR count). The molecule has 0 bridgehead atoms. The average molecular weight is 280 g/mol. The third kappa shape index (κ3) is 3.20. The lowest BCUT2D eigenvalue weighted by molar-refractivity contribution is 0.850. The molecule has 2 aromatic rings. The summed E-state index contributed by atoms with van der Waals surface area (Å²) in [5.74, 6) is 0.794. The largest absolute Gasteiger partial charge is 0.360 e. The van der Waals surface area contributed by atoms with Crippen molar-refractivity contribution >= 4 is 28.9 Å². The Morgan fingerprint density at radius 3 is 2.89 bits per heavy atom. The van der Waals surface area contributed by atoms with Gasteiger partial charge in [0.15, 0.2) is 0 Å². The van der Waals surface area contributed by atoms with Crippen LogP contribution in [-0.4, -0.2) is 21.2 Å². The van der Waals surface area contributed by atoms with Crippen molar-refractivity contribution in [2.75, 3.05) is 11.6 Å². The molecule has 0 aliphatic carbocycles. The van der Waals surface area contributed by atoms with Gasteiger partial charge in [-0.2, -0.15) is 0 Å². The first-order valence-corrected chi connectivity index (χ1v) is 7.84. The molecule has 0 amide bonds. The van der Waals surface area contributed by atoms with Crippen LogP contribution in [0.25, 0.3) is 0 Å². The first-order chi connectivity index (χ1) is 8.72. The molecule has 0 aromatic carbocycles. The Labute approximate surface area is 115 Å². The summed E-state index contributed by atoms with van der Waals surface area (Å²) in [5, 5.41) is 5.33. The van der Waals surface area contributed by atoms with Crippen molar-refractivity contribution in [1.82, 2.24) is 15.0 Å². The van der Waals surface area contributed by atoms with Crippen molar-refractivity contribution in [1.29, 1.82) is 0 Å². The fourth-order valence-electron chi connectivity index (χ4n) is 1.49. The molecule has 96 valence electrons. The first kappa shape index (κ1) is 13.3. The molecule has 2 aromatic heterocycles. The number of anilines is 1. The molecule has 0 unspecified atom stereocenters. The van der Waals surface area contributed by atoms with Crippen LogP contribution in [0.1, 0.15) is 29.8 Å². The van der Waals surface area contributed by atoms with Gasteiger partial charge >= 0.3 is 0 Å². The van der Waals surface area contributed by atoms with E-state index in [4.69, 9.17) is 0 Å². The Morgan fingerprint density at radius 1 is 1.39 bits per heavy atom. The number of hydrogen-bond acceptors (Lipinski definition) is 6. The molecule has 4 nitrogen and oxygen atoms in total. The molecule has 1 atom stereocenters. The van der Waals surface area contributed by atoms with E-state index in [1.165, 1.54) is 4.88 Å². The predicted molar refractivity (Wildman–Crippen MR) is 77.3 cm³/mol. The topological polar surface area (TPSA) is 50.7 Å². The maximum atomic E-state index is 4.45. The van der Waals surface area contributed by atoms with E-state index in [1.54, 1.807) is 35.5 Å². The summed E-state index contributed by atoms with van der Waals surface area (Å²) in [7, 11) is 0. The van der Waals surface area contributed by atoms with E-state index < -0.39 is 0 Å². The summed E-state index contributed by atoms with van der Waals surface area (Å²) in [6, 6.07) is 0.154. The molecule has 0 radical (unpaired) electrons. The van der Waals surface area contributed by atoms with Gasteiger partial charge in [-0.1, -0.05) is 6.92 Å².